The number of nitrogens with zero attached hydrogens (tertiary/aromatic N) is 2. The quantitative estimate of drug-likeness (QED) is 0.735. The highest BCUT2D eigenvalue weighted by atomic mass is 19.1. The lowest BCUT2D eigenvalue weighted by atomic mass is 10.1. The summed E-state index contributed by atoms with van der Waals surface area (Å²) in [5, 5.41) is 20.1. The highest BCUT2D eigenvalue weighted by molar-refractivity contribution is 6.00. The molecule has 0 amide bonds. The van der Waals surface area contributed by atoms with E-state index in [-0.39, 0.29) is 22.8 Å². The Morgan fingerprint density at radius 1 is 1.24 bits per heavy atom. The van der Waals surface area contributed by atoms with Crippen LogP contribution in [0.25, 0.3) is 10.8 Å². The van der Waals surface area contributed by atoms with Crippen LogP contribution in [-0.4, -0.2) is 23.2 Å². The van der Waals surface area contributed by atoms with Gasteiger partial charge in [0.15, 0.2) is 11.4 Å². The van der Waals surface area contributed by atoms with Gasteiger partial charge in [0.25, 0.3) is 0 Å². The number of methoxy groups -OCH3 is 1. The van der Waals surface area contributed by atoms with Crippen molar-refractivity contribution in [2.24, 2.45) is 0 Å². The lowest BCUT2D eigenvalue weighted by Gasteiger charge is -2.11. The summed E-state index contributed by atoms with van der Waals surface area (Å²) >= 11 is 0. The molecule has 3 aromatic rings. The van der Waals surface area contributed by atoms with Crippen molar-refractivity contribution in [1.29, 1.82) is 5.26 Å². The fraction of sp³-hybridized carbons (Fsp3) is 0.0556. The molecular weight excluding hydrogens is 327 g/mol. The third-order valence-electron chi connectivity index (χ3n) is 3.53. The lowest BCUT2D eigenvalue weighted by Crippen LogP contribution is -2.04. The maximum absolute atomic E-state index is 13.2. The Kier molecular flexibility index (Phi) is 4.18. The molecule has 2 aromatic carbocycles. The van der Waals surface area contributed by atoms with E-state index in [0.29, 0.717) is 16.5 Å². The number of halogens is 1. The molecular formula is C18H11FN2O4. The van der Waals surface area contributed by atoms with Gasteiger partial charge >= 0.3 is 5.97 Å². The monoisotopic (exact) mass is 338 g/mol. The second-order valence-electron chi connectivity index (χ2n) is 5.02. The molecule has 6 nitrogen and oxygen atoms in total. The molecule has 0 aliphatic heterocycles. The van der Waals surface area contributed by atoms with E-state index >= 15 is 0 Å². The number of aromatic hydroxyl groups is 1. The number of aromatic nitrogens is 1. The standard InChI is InChI=1S/C18H11FN2O4/c1-24-18(23)16-17(22)12-3-2-4-15(13(12)9-21-16)25-14-6-5-11(19)7-10(14)8-20/h2-7,9,22H,1H3. The number of fused-ring (bicyclic) bond motifs is 1. The first-order valence-corrected chi connectivity index (χ1v) is 7.11. The maximum Gasteiger partial charge on any atom is 0.360 e. The first-order chi connectivity index (χ1) is 12.0. The maximum atomic E-state index is 13.2. The van der Waals surface area contributed by atoms with E-state index in [1.807, 2.05) is 6.07 Å². The second-order valence-corrected chi connectivity index (χ2v) is 5.02. The van der Waals surface area contributed by atoms with Gasteiger partial charge in [-0.1, -0.05) is 12.1 Å². The van der Waals surface area contributed by atoms with E-state index in [1.165, 1.54) is 25.4 Å². The van der Waals surface area contributed by atoms with Gasteiger partial charge in [-0.05, 0) is 24.3 Å². The van der Waals surface area contributed by atoms with Crippen molar-refractivity contribution in [3.05, 3.63) is 59.7 Å². The summed E-state index contributed by atoms with van der Waals surface area (Å²) in [6.07, 6.45) is 1.35. The van der Waals surface area contributed by atoms with Crippen LogP contribution in [0, 0.1) is 17.1 Å². The fourth-order valence-corrected chi connectivity index (χ4v) is 2.33. The molecule has 7 heteroatoms. The molecule has 0 radical (unpaired) electrons. The van der Waals surface area contributed by atoms with E-state index in [9.17, 15) is 14.3 Å². The molecule has 1 N–H and O–H groups in total. The Morgan fingerprint density at radius 3 is 2.76 bits per heavy atom. The largest absolute Gasteiger partial charge is 0.505 e. The minimum Gasteiger partial charge on any atom is -0.505 e. The predicted octanol–water partition coefficient (Wildman–Crippen LogP) is 3.53. The Labute approximate surface area is 141 Å². The summed E-state index contributed by atoms with van der Waals surface area (Å²) < 4.78 is 23.5. The normalized spacial score (nSPS) is 10.3. The van der Waals surface area contributed by atoms with Crippen LogP contribution in [0.2, 0.25) is 0 Å². The molecule has 1 heterocycles. The van der Waals surface area contributed by atoms with Crippen molar-refractivity contribution in [2.75, 3.05) is 7.11 Å². The molecule has 1 aromatic heterocycles. The Morgan fingerprint density at radius 2 is 2.04 bits per heavy atom. The van der Waals surface area contributed by atoms with Gasteiger partial charge in [0.1, 0.15) is 23.4 Å². The van der Waals surface area contributed by atoms with Crippen LogP contribution in [0.1, 0.15) is 16.1 Å². The summed E-state index contributed by atoms with van der Waals surface area (Å²) in [4.78, 5) is 15.5. The minimum absolute atomic E-state index is 0.0281. The van der Waals surface area contributed by atoms with Crippen molar-refractivity contribution in [3.63, 3.8) is 0 Å². The van der Waals surface area contributed by atoms with Gasteiger partial charge < -0.3 is 14.6 Å². The summed E-state index contributed by atoms with van der Waals surface area (Å²) in [6.45, 7) is 0. The smallest absolute Gasteiger partial charge is 0.360 e. The number of hydrogen-bond acceptors (Lipinski definition) is 6. The SMILES string of the molecule is COC(=O)c1ncc2c(Oc3ccc(F)cc3C#N)cccc2c1O. The molecule has 25 heavy (non-hydrogen) atoms. The average Bonchev–Trinajstić information content (AvgIpc) is 2.63. The molecule has 0 spiro atoms. The molecule has 0 bridgehead atoms. The summed E-state index contributed by atoms with van der Waals surface area (Å²) in [7, 11) is 1.19. The number of ether oxygens (including phenoxy) is 2. The Balaban J connectivity index is 2.11. The minimum atomic E-state index is -0.768. The van der Waals surface area contributed by atoms with Gasteiger partial charge in [-0.2, -0.15) is 5.26 Å². The molecule has 3 rings (SSSR count). The van der Waals surface area contributed by atoms with Gasteiger partial charge in [-0.3, -0.25) is 0 Å². The third-order valence-corrected chi connectivity index (χ3v) is 3.53. The van der Waals surface area contributed by atoms with Crippen LogP contribution in [0.4, 0.5) is 4.39 Å². The fourth-order valence-electron chi connectivity index (χ4n) is 2.33. The number of rotatable bonds is 3. The third kappa shape index (κ3) is 2.93. The second kappa shape index (κ2) is 6.45. The highest BCUT2D eigenvalue weighted by Crippen LogP contribution is 2.36. The van der Waals surface area contributed by atoms with Crippen molar-refractivity contribution in [1.82, 2.24) is 4.98 Å². The zero-order valence-electron chi connectivity index (χ0n) is 13.0. The molecule has 0 fully saturated rings. The van der Waals surface area contributed by atoms with Crippen LogP contribution in [0.15, 0.2) is 42.6 Å². The number of pyridine rings is 1. The van der Waals surface area contributed by atoms with E-state index in [4.69, 9.17) is 10.00 Å². The van der Waals surface area contributed by atoms with Crippen molar-refractivity contribution in [2.45, 2.75) is 0 Å². The molecule has 124 valence electrons. The predicted molar refractivity (Wildman–Crippen MR) is 85.9 cm³/mol. The average molecular weight is 338 g/mol. The Bertz CT molecular complexity index is 1030. The number of hydrogen-bond donors (Lipinski definition) is 1. The van der Waals surface area contributed by atoms with Gasteiger partial charge in [-0.25, -0.2) is 14.2 Å². The zero-order chi connectivity index (χ0) is 18.0. The van der Waals surface area contributed by atoms with Crippen LogP contribution in [0.5, 0.6) is 17.2 Å². The summed E-state index contributed by atoms with van der Waals surface area (Å²) in [5.74, 6) is -1.21. The number of carbonyl (C=O) groups is 1. The summed E-state index contributed by atoms with van der Waals surface area (Å²) in [5.41, 5.74) is -0.188. The van der Waals surface area contributed by atoms with Gasteiger partial charge in [0.2, 0.25) is 0 Å². The number of carbonyl (C=O) groups excluding carboxylic acids is 1. The van der Waals surface area contributed by atoms with E-state index < -0.39 is 11.8 Å². The summed E-state index contributed by atoms with van der Waals surface area (Å²) in [6, 6.07) is 10.2. The first-order valence-electron chi connectivity index (χ1n) is 7.11. The van der Waals surface area contributed by atoms with Crippen LogP contribution < -0.4 is 4.74 Å². The topological polar surface area (TPSA) is 92.4 Å². The van der Waals surface area contributed by atoms with E-state index in [2.05, 4.69) is 9.72 Å². The number of nitriles is 1. The first kappa shape index (κ1) is 16.2. The van der Waals surface area contributed by atoms with Crippen LogP contribution in [0.3, 0.4) is 0 Å². The lowest BCUT2D eigenvalue weighted by molar-refractivity contribution is 0.0591. The van der Waals surface area contributed by atoms with Crippen molar-refractivity contribution in [3.8, 4) is 23.3 Å². The Hall–Kier alpha value is -3.66. The van der Waals surface area contributed by atoms with E-state index in [0.717, 1.165) is 6.07 Å². The highest BCUT2D eigenvalue weighted by Gasteiger charge is 2.18. The van der Waals surface area contributed by atoms with Gasteiger partial charge in [-0.15, -0.1) is 0 Å². The van der Waals surface area contributed by atoms with Crippen molar-refractivity contribution < 1.29 is 23.8 Å². The zero-order valence-corrected chi connectivity index (χ0v) is 13.0. The molecule has 0 aliphatic carbocycles. The van der Waals surface area contributed by atoms with Gasteiger partial charge in [0.05, 0.1) is 12.7 Å². The number of benzene rings is 2. The molecule has 0 unspecified atom stereocenters. The van der Waals surface area contributed by atoms with Gasteiger partial charge in [0, 0.05) is 17.0 Å². The molecule has 0 saturated heterocycles. The van der Waals surface area contributed by atoms with Crippen LogP contribution >= 0.6 is 0 Å². The van der Waals surface area contributed by atoms with Crippen molar-refractivity contribution >= 4 is 16.7 Å². The molecule has 0 saturated carbocycles. The van der Waals surface area contributed by atoms with E-state index in [1.54, 1.807) is 18.2 Å². The molecule has 0 atom stereocenters. The van der Waals surface area contributed by atoms with Crippen LogP contribution in [-0.2, 0) is 4.74 Å². The molecule has 0 aliphatic rings. The number of esters is 1.